The maximum atomic E-state index is 6.02. The van der Waals surface area contributed by atoms with Crippen molar-refractivity contribution in [3.05, 3.63) is 38.4 Å². The molecule has 2 rings (SSSR count). The molecule has 0 saturated carbocycles. The molecule has 0 saturated heterocycles. The first-order valence-electron chi connectivity index (χ1n) is 6.29. The molecule has 108 valence electrons. The van der Waals surface area contributed by atoms with Crippen LogP contribution in [0.5, 0.6) is 11.6 Å². The molecule has 4 nitrogen and oxygen atoms in total. The Morgan fingerprint density at radius 1 is 1.40 bits per heavy atom. The highest BCUT2D eigenvalue weighted by molar-refractivity contribution is 9.11. The predicted molar refractivity (Wildman–Crippen MR) is 87.2 cm³/mol. The molecule has 0 bridgehead atoms. The Morgan fingerprint density at radius 3 is 2.70 bits per heavy atom. The maximum absolute atomic E-state index is 6.02. The summed E-state index contributed by atoms with van der Waals surface area (Å²) in [5.41, 5.74) is 7.91. The van der Waals surface area contributed by atoms with Crippen LogP contribution in [0.4, 0.5) is 0 Å². The van der Waals surface area contributed by atoms with E-state index in [1.165, 1.54) is 0 Å². The fourth-order valence-electron chi connectivity index (χ4n) is 2.03. The van der Waals surface area contributed by atoms with E-state index in [1.54, 1.807) is 4.68 Å². The topological polar surface area (TPSA) is 53.1 Å². The lowest BCUT2D eigenvalue weighted by atomic mass is 10.1. The van der Waals surface area contributed by atoms with E-state index < -0.39 is 0 Å². The maximum Gasteiger partial charge on any atom is 0.221 e. The quantitative estimate of drug-likeness (QED) is 0.842. The molecule has 20 heavy (non-hydrogen) atoms. The van der Waals surface area contributed by atoms with Gasteiger partial charge in [0.05, 0.1) is 10.2 Å². The van der Waals surface area contributed by atoms with Crippen LogP contribution in [-0.2, 0) is 13.5 Å². The number of ether oxygens (including phenoxy) is 1. The molecule has 1 aromatic heterocycles. The van der Waals surface area contributed by atoms with E-state index in [-0.39, 0.29) is 6.04 Å². The van der Waals surface area contributed by atoms with Crippen molar-refractivity contribution in [1.29, 1.82) is 0 Å². The minimum Gasteiger partial charge on any atom is -0.438 e. The van der Waals surface area contributed by atoms with Gasteiger partial charge in [0.15, 0.2) is 0 Å². The SMILES string of the molecule is Cc1nn(C)c(Oc2ccc(Br)cc2Br)c1CC(C)N. The summed E-state index contributed by atoms with van der Waals surface area (Å²) in [4.78, 5) is 0. The average Bonchev–Trinajstić information content (AvgIpc) is 2.58. The Balaban J connectivity index is 2.37. The fraction of sp³-hybridized carbons (Fsp3) is 0.357. The summed E-state index contributed by atoms with van der Waals surface area (Å²) in [6.45, 7) is 3.95. The number of hydrogen-bond donors (Lipinski definition) is 1. The van der Waals surface area contributed by atoms with Gasteiger partial charge in [0, 0.05) is 23.1 Å². The van der Waals surface area contributed by atoms with E-state index in [0.717, 1.165) is 38.3 Å². The third-order valence-electron chi connectivity index (χ3n) is 2.92. The van der Waals surface area contributed by atoms with Gasteiger partial charge in [0.25, 0.3) is 0 Å². The second kappa shape index (κ2) is 6.28. The van der Waals surface area contributed by atoms with Crippen molar-refractivity contribution >= 4 is 31.9 Å². The van der Waals surface area contributed by atoms with Crippen molar-refractivity contribution in [2.75, 3.05) is 0 Å². The first-order chi connectivity index (χ1) is 9.38. The Bertz CT molecular complexity index is 623. The summed E-state index contributed by atoms with van der Waals surface area (Å²) in [5.74, 6) is 1.49. The molecule has 1 aromatic carbocycles. The van der Waals surface area contributed by atoms with Gasteiger partial charge in [0.2, 0.25) is 5.88 Å². The zero-order valence-corrected chi connectivity index (χ0v) is 14.8. The van der Waals surface area contributed by atoms with Gasteiger partial charge in [-0.25, -0.2) is 4.68 Å². The molecule has 0 fully saturated rings. The molecule has 0 aliphatic carbocycles. The number of hydrogen-bond acceptors (Lipinski definition) is 3. The number of rotatable bonds is 4. The third kappa shape index (κ3) is 3.42. The van der Waals surface area contributed by atoms with Crippen LogP contribution < -0.4 is 10.5 Å². The van der Waals surface area contributed by atoms with Crippen LogP contribution in [0.2, 0.25) is 0 Å². The highest BCUT2D eigenvalue weighted by atomic mass is 79.9. The van der Waals surface area contributed by atoms with E-state index in [4.69, 9.17) is 10.5 Å². The molecule has 6 heteroatoms. The summed E-state index contributed by atoms with van der Waals surface area (Å²) in [5, 5.41) is 4.42. The average molecular weight is 403 g/mol. The molecule has 0 radical (unpaired) electrons. The van der Waals surface area contributed by atoms with Crippen molar-refractivity contribution < 1.29 is 4.74 Å². The normalized spacial score (nSPS) is 12.5. The van der Waals surface area contributed by atoms with E-state index in [0.29, 0.717) is 0 Å². The summed E-state index contributed by atoms with van der Waals surface area (Å²) in [6.07, 6.45) is 0.739. The lowest BCUT2D eigenvalue weighted by Crippen LogP contribution is -2.18. The van der Waals surface area contributed by atoms with Crippen LogP contribution in [0.1, 0.15) is 18.2 Å². The molecule has 2 aromatic rings. The van der Waals surface area contributed by atoms with Gasteiger partial charge < -0.3 is 10.5 Å². The van der Waals surface area contributed by atoms with Crippen molar-refractivity contribution in [2.24, 2.45) is 12.8 Å². The largest absolute Gasteiger partial charge is 0.438 e. The Kier molecular flexibility index (Phi) is 4.88. The molecule has 0 aliphatic heterocycles. The summed E-state index contributed by atoms with van der Waals surface area (Å²) < 4.78 is 9.66. The van der Waals surface area contributed by atoms with Gasteiger partial charge in [-0.3, -0.25) is 0 Å². The first-order valence-corrected chi connectivity index (χ1v) is 7.88. The van der Waals surface area contributed by atoms with Crippen LogP contribution in [0, 0.1) is 6.92 Å². The van der Waals surface area contributed by atoms with E-state index in [9.17, 15) is 0 Å². The van der Waals surface area contributed by atoms with Crippen LogP contribution in [0.25, 0.3) is 0 Å². The van der Waals surface area contributed by atoms with Gasteiger partial charge in [-0.1, -0.05) is 15.9 Å². The minimum absolute atomic E-state index is 0.0635. The molecule has 0 spiro atoms. The first kappa shape index (κ1) is 15.5. The highest BCUT2D eigenvalue weighted by Gasteiger charge is 2.17. The number of aryl methyl sites for hydroxylation is 2. The molecule has 1 atom stereocenters. The van der Waals surface area contributed by atoms with E-state index >= 15 is 0 Å². The molecule has 1 heterocycles. The summed E-state index contributed by atoms with van der Waals surface area (Å²) >= 11 is 6.93. The standard InChI is InChI=1S/C14H17Br2N3O/c1-8(17)6-11-9(2)18-19(3)14(11)20-13-5-4-10(15)7-12(13)16/h4-5,7-8H,6,17H2,1-3H3. The molecular weight excluding hydrogens is 386 g/mol. The van der Waals surface area contributed by atoms with Crippen molar-refractivity contribution in [1.82, 2.24) is 9.78 Å². The second-order valence-electron chi connectivity index (χ2n) is 4.85. The molecule has 0 aliphatic rings. The summed E-state index contributed by atoms with van der Waals surface area (Å²) in [7, 11) is 1.87. The fourth-order valence-corrected chi connectivity index (χ4v) is 3.16. The smallest absolute Gasteiger partial charge is 0.221 e. The van der Waals surface area contributed by atoms with Gasteiger partial charge in [-0.05, 0) is 54.4 Å². The Hall–Kier alpha value is -0.850. The number of aromatic nitrogens is 2. The van der Waals surface area contributed by atoms with Crippen LogP contribution >= 0.6 is 31.9 Å². The summed E-state index contributed by atoms with van der Waals surface area (Å²) in [6, 6.07) is 5.86. The predicted octanol–water partition coefficient (Wildman–Crippen LogP) is 3.94. The molecular formula is C14H17Br2N3O. The number of halogens is 2. The van der Waals surface area contributed by atoms with Gasteiger partial charge in [0.1, 0.15) is 5.75 Å². The lowest BCUT2D eigenvalue weighted by molar-refractivity contribution is 0.422. The van der Waals surface area contributed by atoms with Crippen LogP contribution in [-0.4, -0.2) is 15.8 Å². The molecule has 2 N–H and O–H groups in total. The van der Waals surface area contributed by atoms with Crippen molar-refractivity contribution in [2.45, 2.75) is 26.3 Å². The minimum atomic E-state index is 0.0635. The van der Waals surface area contributed by atoms with Crippen LogP contribution in [0.15, 0.2) is 27.1 Å². The highest BCUT2D eigenvalue weighted by Crippen LogP contribution is 2.34. The van der Waals surface area contributed by atoms with Crippen molar-refractivity contribution in [3.8, 4) is 11.6 Å². The van der Waals surface area contributed by atoms with E-state index in [1.807, 2.05) is 39.1 Å². The zero-order valence-electron chi connectivity index (χ0n) is 11.7. The number of nitrogens with zero attached hydrogens (tertiary/aromatic N) is 2. The van der Waals surface area contributed by atoms with E-state index in [2.05, 4.69) is 37.0 Å². The lowest BCUT2D eigenvalue weighted by Gasteiger charge is -2.11. The number of nitrogens with two attached hydrogens (primary N) is 1. The van der Waals surface area contributed by atoms with Gasteiger partial charge in [-0.2, -0.15) is 5.10 Å². The van der Waals surface area contributed by atoms with Crippen molar-refractivity contribution in [3.63, 3.8) is 0 Å². The Morgan fingerprint density at radius 2 is 2.10 bits per heavy atom. The van der Waals surface area contributed by atoms with Gasteiger partial charge >= 0.3 is 0 Å². The monoisotopic (exact) mass is 401 g/mol. The number of benzene rings is 1. The Labute approximate surface area is 135 Å². The molecule has 1 unspecified atom stereocenters. The zero-order chi connectivity index (χ0) is 14.9. The van der Waals surface area contributed by atoms with Gasteiger partial charge in [-0.15, -0.1) is 0 Å². The van der Waals surface area contributed by atoms with Crippen LogP contribution in [0.3, 0.4) is 0 Å². The third-order valence-corrected chi connectivity index (χ3v) is 4.03. The molecule has 0 amide bonds. The second-order valence-corrected chi connectivity index (χ2v) is 6.62.